The number of nitrogens with one attached hydrogen (secondary N) is 1. The van der Waals surface area contributed by atoms with Crippen molar-refractivity contribution >= 4 is 51.7 Å². The summed E-state index contributed by atoms with van der Waals surface area (Å²) < 4.78 is 5.56. The van der Waals surface area contributed by atoms with Crippen LogP contribution in [0.1, 0.15) is 41.4 Å². The van der Waals surface area contributed by atoms with Gasteiger partial charge in [0.1, 0.15) is 0 Å². The standard InChI is InChI=1S/C23H20Cl2N2O3/c1-13(22(28)27-20-11-10-14(24)12-17(20)25)30-23(29)21-15-6-2-4-8-18(15)26-19-9-5-3-7-16(19)21/h2,4,6,8,10-13H,3,5,7,9H2,1H3,(H,27,28). The molecule has 0 fully saturated rings. The molecule has 2 aromatic carbocycles. The van der Waals surface area contributed by atoms with Crippen LogP contribution in [0.4, 0.5) is 5.69 Å². The van der Waals surface area contributed by atoms with Gasteiger partial charge in [-0.1, -0.05) is 41.4 Å². The number of halogens is 2. The van der Waals surface area contributed by atoms with Gasteiger partial charge in [0, 0.05) is 16.1 Å². The van der Waals surface area contributed by atoms with Crippen LogP contribution in [-0.4, -0.2) is 23.0 Å². The zero-order valence-corrected chi connectivity index (χ0v) is 17.9. The first-order valence-electron chi connectivity index (χ1n) is 9.81. The van der Waals surface area contributed by atoms with Gasteiger partial charge in [0.2, 0.25) is 0 Å². The summed E-state index contributed by atoms with van der Waals surface area (Å²) in [7, 11) is 0. The summed E-state index contributed by atoms with van der Waals surface area (Å²) in [5, 5.41) is 4.19. The Morgan fingerprint density at radius 1 is 1.10 bits per heavy atom. The fraction of sp³-hybridized carbons (Fsp3) is 0.261. The molecule has 0 spiro atoms. The number of amides is 1. The van der Waals surface area contributed by atoms with Gasteiger partial charge in [0.05, 0.1) is 21.8 Å². The lowest BCUT2D eigenvalue weighted by Gasteiger charge is -2.21. The minimum Gasteiger partial charge on any atom is -0.449 e. The number of aromatic nitrogens is 1. The molecule has 1 N–H and O–H groups in total. The number of anilines is 1. The molecule has 0 saturated heterocycles. The van der Waals surface area contributed by atoms with E-state index in [-0.39, 0.29) is 0 Å². The fourth-order valence-corrected chi connectivity index (χ4v) is 4.16. The van der Waals surface area contributed by atoms with E-state index < -0.39 is 18.0 Å². The second-order valence-electron chi connectivity index (χ2n) is 7.30. The van der Waals surface area contributed by atoms with Gasteiger partial charge in [0.25, 0.3) is 5.91 Å². The predicted molar refractivity (Wildman–Crippen MR) is 118 cm³/mol. The van der Waals surface area contributed by atoms with Crippen molar-refractivity contribution in [2.24, 2.45) is 0 Å². The molecule has 3 aromatic rings. The minimum atomic E-state index is -1.00. The average Bonchev–Trinajstić information content (AvgIpc) is 2.73. The SMILES string of the molecule is CC(OC(=O)c1c2c(nc3ccccc13)CCCC2)C(=O)Nc1ccc(Cl)cc1Cl. The maximum atomic E-state index is 13.1. The molecule has 1 aromatic heterocycles. The zero-order valence-electron chi connectivity index (χ0n) is 16.4. The molecule has 1 heterocycles. The van der Waals surface area contributed by atoms with Crippen molar-refractivity contribution in [2.45, 2.75) is 38.7 Å². The summed E-state index contributed by atoms with van der Waals surface area (Å²) in [6.45, 7) is 1.53. The van der Waals surface area contributed by atoms with E-state index in [9.17, 15) is 9.59 Å². The molecule has 30 heavy (non-hydrogen) atoms. The third-order valence-corrected chi connectivity index (χ3v) is 5.76. The largest absolute Gasteiger partial charge is 0.449 e. The number of carbonyl (C=O) groups excluding carboxylic acids is 2. The molecule has 1 aliphatic carbocycles. The fourth-order valence-electron chi connectivity index (χ4n) is 3.70. The Hall–Kier alpha value is -2.63. The molecule has 1 unspecified atom stereocenters. The molecule has 154 valence electrons. The number of aryl methyl sites for hydroxylation is 1. The number of para-hydroxylation sites is 1. The summed E-state index contributed by atoms with van der Waals surface area (Å²) in [6, 6.07) is 12.3. The number of fused-ring (bicyclic) bond motifs is 2. The van der Waals surface area contributed by atoms with E-state index in [1.165, 1.54) is 13.0 Å². The molecule has 0 saturated carbocycles. The lowest BCUT2D eigenvalue weighted by atomic mass is 9.90. The van der Waals surface area contributed by atoms with Crippen LogP contribution in [-0.2, 0) is 22.4 Å². The van der Waals surface area contributed by atoms with E-state index >= 15 is 0 Å². The van der Waals surface area contributed by atoms with E-state index in [2.05, 4.69) is 5.32 Å². The number of rotatable bonds is 4. The summed E-state index contributed by atoms with van der Waals surface area (Å²) in [5.74, 6) is -0.989. The number of esters is 1. The van der Waals surface area contributed by atoms with Crippen molar-refractivity contribution in [1.29, 1.82) is 0 Å². The predicted octanol–water partition coefficient (Wildman–Crippen LogP) is 5.60. The molecule has 5 nitrogen and oxygen atoms in total. The van der Waals surface area contributed by atoms with Gasteiger partial charge in [-0.25, -0.2) is 4.79 Å². The molecule has 1 atom stereocenters. The van der Waals surface area contributed by atoms with Crippen LogP contribution in [0.2, 0.25) is 10.0 Å². The Labute approximate surface area is 184 Å². The second-order valence-corrected chi connectivity index (χ2v) is 8.14. The molecule has 7 heteroatoms. The average molecular weight is 443 g/mol. The number of carbonyl (C=O) groups is 2. The minimum absolute atomic E-state index is 0.309. The second kappa shape index (κ2) is 8.62. The van der Waals surface area contributed by atoms with Gasteiger partial charge in [-0.15, -0.1) is 0 Å². The lowest BCUT2D eigenvalue weighted by Crippen LogP contribution is -2.30. The maximum Gasteiger partial charge on any atom is 0.339 e. The molecule has 0 aliphatic heterocycles. The van der Waals surface area contributed by atoms with Crippen LogP contribution in [0.25, 0.3) is 10.9 Å². The number of hydrogen-bond donors (Lipinski definition) is 1. The number of nitrogens with zero attached hydrogens (tertiary/aromatic N) is 1. The highest BCUT2D eigenvalue weighted by Crippen LogP contribution is 2.30. The first-order chi connectivity index (χ1) is 14.4. The zero-order chi connectivity index (χ0) is 21.3. The van der Waals surface area contributed by atoms with E-state index in [4.69, 9.17) is 32.9 Å². The van der Waals surface area contributed by atoms with Crippen LogP contribution < -0.4 is 5.32 Å². The van der Waals surface area contributed by atoms with Gasteiger partial charge in [0.15, 0.2) is 6.10 Å². The topological polar surface area (TPSA) is 68.3 Å². The van der Waals surface area contributed by atoms with Crippen LogP contribution in [0.3, 0.4) is 0 Å². The highest BCUT2D eigenvalue weighted by molar-refractivity contribution is 6.36. The van der Waals surface area contributed by atoms with E-state index in [1.54, 1.807) is 12.1 Å². The normalized spacial score (nSPS) is 14.1. The first-order valence-corrected chi connectivity index (χ1v) is 10.6. The number of pyridine rings is 1. The monoisotopic (exact) mass is 442 g/mol. The Balaban J connectivity index is 1.59. The van der Waals surface area contributed by atoms with Crippen molar-refractivity contribution in [2.75, 3.05) is 5.32 Å². The van der Waals surface area contributed by atoms with Crippen LogP contribution in [0, 0.1) is 0 Å². The van der Waals surface area contributed by atoms with Gasteiger partial charge in [-0.3, -0.25) is 9.78 Å². The van der Waals surface area contributed by atoms with Gasteiger partial charge >= 0.3 is 5.97 Å². The van der Waals surface area contributed by atoms with Crippen molar-refractivity contribution in [3.63, 3.8) is 0 Å². The molecule has 1 amide bonds. The third kappa shape index (κ3) is 4.13. The Morgan fingerprint density at radius 3 is 2.67 bits per heavy atom. The molecule has 0 bridgehead atoms. The highest BCUT2D eigenvalue weighted by atomic mass is 35.5. The molecule has 4 rings (SSSR count). The number of hydrogen-bond acceptors (Lipinski definition) is 4. The Kier molecular flexibility index (Phi) is 5.93. The molecule has 1 aliphatic rings. The number of ether oxygens (including phenoxy) is 1. The third-order valence-electron chi connectivity index (χ3n) is 5.22. The molecule has 0 radical (unpaired) electrons. The van der Waals surface area contributed by atoms with Crippen molar-refractivity contribution in [3.05, 3.63) is 69.3 Å². The molecular weight excluding hydrogens is 423 g/mol. The Bertz CT molecular complexity index is 1150. The van der Waals surface area contributed by atoms with Gasteiger partial charge in [-0.05, 0) is 62.4 Å². The summed E-state index contributed by atoms with van der Waals surface area (Å²) in [6.07, 6.45) is 2.66. The summed E-state index contributed by atoms with van der Waals surface area (Å²) >= 11 is 12.0. The summed E-state index contributed by atoms with van der Waals surface area (Å²) in [5.41, 5.74) is 3.55. The maximum absolute atomic E-state index is 13.1. The highest BCUT2D eigenvalue weighted by Gasteiger charge is 2.26. The quantitative estimate of drug-likeness (QED) is 0.533. The van der Waals surface area contributed by atoms with E-state index in [0.717, 1.165) is 47.8 Å². The van der Waals surface area contributed by atoms with Gasteiger partial charge < -0.3 is 10.1 Å². The Morgan fingerprint density at radius 2 is 1.87 bits per heavy atom. The van der Waals surface area contributed by atoms with Crippen LogP contribution in [0.5, 0.6) is 0 Å². The van der Waals surface area contributed by atoms with Gasteiger partial charge in [-0.2, -0.15) is 0 Å². The smallest absolute Gasteiger partial charge is 0.339 e. The van der Waals surface area contributed by atoms with E-state index in [1.807, 2.05) is 24.3 Å². The van der Waals surface area contributed by atoms with Crippen molar-refractivity contribution < 1.29 is 14.3 Å². The lowest BCUT2D eigenvalue weighted by molar-refractivity contribution is -0.123. The van der Waals surface area contributed by atoms with Crippen molar-refractivity contribution in [3.8, 4) is 0 Å². The summed E-state index contributed by atoms with van der Waals surface area (Å²) in [4.78, 5) is 30.4. The first kappa shape index (κ1) is 20.6. The van der Waals surface area contributed by atoms with Crippen LogP contribution >= 0.6 is 23.2 Å². The van der Waals surface area contributed by atoms with Crippen molar-refractivity contribution in [1.82, 2.24) is 4.98 Å². The number of benzene rings is 2. The molecular formula is C23H20Cl2N2O3. The van der Waals surface area contributed by atoms with E-state index in [0.29, 0.717) is 21.3 Å². The van der Waals surface area contributed by atoms with Crippen LogP contribution in [0.15, 0.2) is 42.5 Å².